The Kier molecular flexibility index (Phi) is 5.67. The van der Waals surface area contributed by atoms with Gasteiger partial charge in [-0.2, -0.15) is 0 Å². The van der Waals surface area contributed by atoms with Crippen LogP contribution < -0.4 is 10.6 Å². The first-order valence-corrected chi connectivity index (χ1v) is 8.70. The molecule has 0 aromatic rings. The van der Waals surface area contributed by atoms with E-state index in [1.54, 1.807) is 0 Å². The fraction of sp³-hybridized carbons (Fsp3) is 0.941. The molecule has 21 heavy (non-hydrogen) atoms. The van der Waals surface area contributed by atoms with Crippen LogP contribution in [0.1, 0.15) is 65.2 Å². The third-order valence-electron chi connectivity index (χ3n) is 5.68. The second kappa shape index (κ2) is 7.10. The van der Waals surface area contributed by atoms with Gasteiger partial charge < -0.3 is 15.7 Å². The van der Waals surface area contributed by atoms with Crippen LogP contribution in [0.25, 0.3) is 0 Å². The number of aliphatic hydroxyl groups excluding tert-OH is 1. The number of rotatable bonds is 5. The standard InChI is InChI=1S/C17H32N2O2/c1-3-6-16(9-11-18-12-10-16)15(21)19-17(13-20)7-4-14(2)5-8-17/h14,18,20H,3-13H2,1-2H3,(H,19,21). The molecule has 4 heteroatoms. The molecule has 0 unspecified atom stereocenters. The summed E-state index contributed by atoms with van der Waals surface area (Å²) >= 11 is 0. The SMILES string of the molecule is CCCC1(C(=O)NC2(CO)CCC(C)CC2)CCNCC1. The highest BCUT2D eigenvalue weighted by Gasteiger charge is 2.43. The van der Waals surface area contributed by atoms with Gasteiger partial charge in [-0.15, -0.1) is 0 Å². The van der Waals surface area contributed by atoms with Crippen molar-refractivity contribution < 1.29 is 9.90 Å². The first-order chi connectivity index (χ1) is 10.1. The van der Waals surface area contributed by atoms with Gasteiger partial charge in [0.05, 0.1) is 17.6 Å². The monoisotopic (exact) mass is 296 g/mol. The lowest BCUT2D eigenvalue weighted by atomic mass is 9.72. The number of amides is 1. The number of piperidine rings is 1. The summed E-state index contributed by atoms with van der Waals surface area (Å²) in [4.78, 5) is 13.0. The van der Waals surface area contributed by atoms with Gasteiger partial charge >= 0.3 is 0 Å². The number of hydrogen-bond acceptors (Lipinski definition) is 3. The fourth-order valence-electron chi connectivity index (χ4n) is 3.99. The van der Waals surface area contributed by atoms with Crippen molar-refractivity contribution >= 4 is 5.91 Å². The summed E-state index contributed by atoms with van der Waals surface area (Å²) in [5.41, 5.74) is -0.583. The average Bonchev–Trinajstić information content (AvgIpc) is 2.51. The summed E-state index contributed by atoms with van der Waals surface area (Å²) in [7, 11) is 0. The van der Waals surface area contributed by atoms with Crippen molar-refractivity contribution in [3.63, 3.8) is 0 Å². The zero-order valence-corrected chi connectivity index (χ0v) is 13.7. The first-order valence-electron chi connectivity index (χ1n) is 8.70. The Morgan fingerprint density at radius 3 is 2.38 bits per heavy atom. The summed E-state index contributed by atoms with van der Waals surface area (Å²) in [5.74, 6) is 0.902. The Balaban J connectivity index is 2.06. The molecule has 1 amide bonds. The number of aliphatic hydroxyl groups is 1. The molecule has 3 N–H and O–H groups in total. The fourth-order valence-corrected chi connectivity index (χ4v) is 3.99. The van der Waals surface area contributed by atoms with Crippen LogP contribution in [0, 0.1) is 11.3 Å². The molecule has 1 saturated carbocycles. The normalized spacial score (nSPS) is 32.6. The zero-order valence-electron chi connectivity index (χ0n) is 13.7. The van der Waals surface area contributed by atoms with Gasteiger partial charge in [-0.25, -0.2) is 0 Å². The maximum absolute atomic E-state index is 13.0. The molecule has 0 radical (unpaired) electrons. The number of carbonyl (C=O) groups is 1. The van der Waals surface area contributed by atoms with E-state index in [0.29, 0.717) is 5.92 Å². The van der Waals surface area contributed by atoms with Crippen LogP contribution in [0.5, 0.6) is 0 Å². The predicted octanol–water partition coefficient (Wildman–Crippen LogP) is 2.21. The molecular formula is C17H32N2O2. The minimum atomic E-state index is -0.366. The second-order valence-corrected chi connectivity index (χ2v) is 7.36. The maximum atomic E-state index is 13.0. The quantitative estimate of drug-likeness (QED) is 0.729. The van der Waals surface area contributed by atoms with E-state index in [2.05, 4.69) is 24.5 Å². The van der Waals surface area contributed by atoms with Crippen molar-refractivity contribution in [1.82, 2.24) is 10.6 Å². The van der Waals surface area contributed by atoms with E-state index < -0.39 is 0 Å². The Morgan fingerprint density at radius 2 is 1.86 bits per heavy atom. The van der Waals surface area contributed by atoms with E-state index in [1.165, 1.54) is 0 Å². The highest BCUT2D eigenvalue weighted by atomic mass is 16.3. The van der Waals surface area contributed by atoms with E-state index in [-0.39, 0.29) is 23.5 Å². The van der Waals surface area contributed by atoms with Crippen molar-refractivity contribution in [2.75, 3.05) is 19.7 Å². The molecule has 0 aromatic carbocycles. The van der Waals surface area contributed by atoms with Crippen LogP contribution in [-0.2, 0) is 4.79 Å². The molecule has 1 saturated heterocycles. The van der Waals surface area contributed by atoms with Gasteiger partial charge in [0.25, 0.3) is 0 Å². The number of nitrogens with one attached hydrogen (secondary N) is 2. The van der Waals surface area contributed by atoms with Crippen molar-refractivity contribution in [2.45, 2.75) is 70.8 Å². The smallest absolute Gasteiger partial charge is 0.226 e. The third-order valence-corrected chi connectivity index (χ3v) is 5.68. The maximum Gasteiger partial charge on any atom is 0.226 e. The molecule has 122 valence electrons. The van der Waals surface area contributed by atoms with Gasteiger partial charge in [0.2, 0.25) is 5.91 Å². The molecule has 0 spiro atoms. The summed E-state index contributed by atoms with van der Waals surface area (Å²) < 4.78 is 0. The van der Waals surface area contributed by atoms with Crippen molar-refractivity contribution in [1.29, 1.82) is 0 Å². The first kappa shape index (κ1) is 16.8. The molecule has 2 fully saturated rings. The van der Waals surface area contributed by atoms with Crippen LogP contribution in [0.3, 0.4) is 0 Å². The lowest BCUT2D eigenvalue weighted by Crippen LogP contribution is -2.58. The molecule has 2 aliphatic rings. The van der Waals surface area contributed by atoms with Crippen LogP contribution >= 0.6 is 0 Å². The summed E-state index contributed by atoms with van der Waals surface area (Å²) in [6.45, 7) is 6.34. The zero-order chi connectivity index (χ0) is 15.3. The second-order valence-electron chi connectivity index (χ2n) is 7.36. The van der Waals surface area contributed by atoms with Crippen molar-refractivity contribution in [3.05, 3.63) is 0 Å². The molecule has 1 aliphatic carbocycles. The minimum absolute atomic E-state index is 0.0753. The molecule has 0 bridgehead atoms. The average molecular weight is 296 g/mol. The molecule has 2 rings (SSSR count). The van der Waals surface area contributed by atoms with Crippen LogP contribution in [0.4, 0.5) is 0 Å². The lowest BCUT2D eigenvalue weighted by molar-refractivity contribution is -0.136. The van der Waals surface area contributed by atoms with Gasteiger partial charge in [0, 0.05) is 0 Å². The molecular weight excluding hydrogens is 264 g/mol. The van der Waals surface area contributed by atoms with Crippen molar-refractivity contribution in [3.8, 4) is 0 Å². The van der Waals surface area contributed by atoms with Crippen molar-refractivity contribution in [2.24, 2.45) is 11.3 Å². The number of carbonyl (C=O) groups excluding carboxylic acids is 1. The molecule has 1 aliphatic heterocycles. The Labute approximate surface area is 129 Å². The van der Waals surface area contributed by atoms with Gasteiger partial charge in [0.1, 0.15) is 0 Å². The molecule has 0 aromatic heterocycles. The van der Waals surface area contributed by atoms with Crippen LogP contribution in [0.2, 0.25) is 0 Å². The molecule has 1 heterocycles. The van der Waals surface area contributed by atoms with Crippen LogP contribution in [0.15, 0.2) is 0 Å². The topological polar surface area (TPSA) is 61.4 Å². The van der Waals surface area contributed by atoms with E-state index in [1.807, 2.05) is 0 Å². The van der Waals surface area contributed by atoms with Gasteiger partial charge in [-0.1, -0.05) is 20.3 Å². The largest absolute Gasteiger partial charge is 0.394 e. The summed E-state index contributed by atoms with van der Waals surface area (Å²) in [6.07, 6.45) is 7.87. The highest BCUT2D eigenvalue weighted by Crippen LogP contribution is 2.37. The minimum Gasteiger partial charge on any atom is -0.394 e. The highest BCUT2D eigenvalue weighted by molar-refractivity contribution is 5.83. The third kappa shape index (κ3) is 3.78. The van der Waals surface area contributed by atoms with Gasteiger partial charge in [0.15, 0.2) is 0 Å². The summed E-state index contributed by atoms with van der Waals surface area (Å²) in [5, 5.41) is 16.5. The summed E-state index contributed by atoms with van der Waals surface area (Å²) in [6, 6.07) is 0. The van der Waals surface area contributed by atoms with Gasteiger partial charge in [-0.3, -0.25) is 4.79 Å². The lowest BCUT2D eigenvalue weighted by Gasteiger charge is -2.43. The van der Waals surface area contributed by atoms with E-state index in [9.17, 15) is 9.90 Å². The number of hydrogen-bond donors (Lipinski definition) is 3. The Bertz CT molecular complexity index is 337. The Morgan fingerprint density at radius 1 is 1.24 bits per heavy atom. The predicted molar refractivity (Wildman–Crippen MR) is 85.0 cm³/mol. The van der Waals surface area contributed by atoms with E-state index in [4.69, 9.17) is 0 Å². The molecule has 4 nitrogen and oxygen atoms in total. The Hall–Kier alpha value is -0.610. The van der Waals surface area contributed by atoms with Gasteiger partial charge in [-0.05, 0) is 64.0 Å². The van der Waals surface area contributed by atoms with E-state index >= 15 is 0 Å². The molecule has 0 atom stereocenters. The van der Waals surface area contributed by atoms with Crippen LogP contribution in [-0.4, -0.2) is 36.2 Å². The van der Waals surface area contributed by atoms with E-state index in [0.717, 1.165) is 64.5 Å².